The van der Waals surface area contributed by atoms with Crippen LogP contribution in [0.3, 0.4) is 0 Å². The number of amides is 3. The standard InChI is InChI=1S/C26H32N4O5S/c1-3-22-6-4-5-15-30(22)36(34,35)24-13-9-21(10-14-24)28-26(33)19-16-25(32)29(17-19)23-11-7-20(8-12-23)27-18(2)31/h7-14,19,22H,3-6,15-17H2,1-2H3,(H,27,31)(H,28,33). The first-order chi connectivity index (χ1) is 17.2. The highest BCUT2D eigenvalue weighted by molar-refractivity contribution is 7.89. The fourth-order valence-electron chi connectivity index (χ4n) is 4.85. The number of anilines is 3. The Morgan fingerprint density at radius 3 is 2.25 bits per heavy atom. The van der Waals surface area contributed by atoms with Gasteiger partial charge in [0.25, 0.3) is 0 Å². The number of nitrogens with one attached hydrogen (secondary N) is 2. The Morgan fingerprint density at radius 2 is 1.61 bits per heavy atom. The van der Waals surface area contributed by atoms with Crippen LogP contribution in [-0.4, -0.2) is 49.6 Å². The number of hydrogen-bond acceptors (Lipinski definition) is 5. The van der Waals surface area contributed by atoms with E-state index in [9.17, 15) is 22.8 Å². The van der Waals surface area contributed by atoms with Gasteiger partial charge in [0.2, 0.25) is 27.7 Å². The quantitative estimate of drug-likeness (QED) is 0.588. The van der Waals surface area contributed by atoms with Crippen LogP contribution in [0.25, 0.3) is 0 Å². The predicted molar refractivity (Wildman–Crippen MR) is 138 cm³/mol. The molecule has 2 aromatic carbocycles. The van der Waals surface area contributed by atoms with Crippen molar-refractivity contribution in [3.05, 3.63) is 48.5 Å². The van der Waals surface area contributed by atoms with Gasteiger partial charge in [-0.05, 0) is 67.8 Å². The topological polar surface area (TPSA) is 116 Å². The third-order valence-electron chi connectivity index (χ3n) is 6.77. The minimum absolute atomic E-state index is 0.0209. The Morgan fingerprint density at radius 1 is 0.972 bits per heavy atom. The summed E-state index contributed by atoms with van der Waals surface area (Å²) in [5.41, 5.74) is 1.76. The van der Waals surface area contributed by atoms with Crippen LogP contribution in [0.2, 0.25) is 0 Å². The van der Waals surface area contributed by atoms with E-state index in [0.717, 1.165) is 25.7 Å². The molecular weight excluding hydrogens is 480 g/mol. The fraction of sp³-hybridized carbons (Fsp3) is 0.423. The van der Waals surface area contributed by atoms with Gasteiger partial charge in [0.1, 0.15) is 0 Å². The molecule has 0 saturated carbocycles. The molecule has 0 aliphatic carbocycles. The highest BCUT2D eigenvalue weighted by Gasteiger charge is 2.35. The predicted octanol–water partition coefficient (Wildman–Crippen LogP) is 3.59. The van der Waals surface area contributed by atoms with Crippen LogP contribution in [0.5, 0.6) is 0 Å². The Bertz CT molecular complexity index is 1230. The highest BCUT2D eigenvalue weighted by atomic mass is 32.2. The molecule has 9 nitrogen and oxygen atoms in total. The van der Waals surface area contributed by atoms with Gasteiger partial charge < -0.3 is 15.5 Å². The number of nitrogens with zero attached hydrogens (tertiary/aromatic N) is 2. The van der Waals surface area contributed by atoms with Crippen LogP contribution in [0.15, 0.2) is 53.4 Å². The number of carbonyl (C=O) groups excluding carboxylic acids is 3. The number of rotatable bonds is 7. The molecule has 0 bridgehead atoms. The van der Waals surface area contributed by atoms with Crippen LogP contribution in [0, 0.1) is 5.92 Å². The summed E-state index contributed by atoms with van der Waals surface area (Å²) < 4.78 is 27.9. The molecule has 2 saturated heterocycles. The molecule has 2 aliphatic rings. The molecule has 4 rings (SSSR count). The SMILES string of the molecule is CCC1CCCCN1S(=O)(=O)c1ccc(NC(=O)C2CC(=O)N(c3ccc(NC(C)=O)cc3)C2)cc1. The van der Waals surface area contributed by atoms with Crippen LogP contribution < -0.4 is 15.5 Å². The maximum atomic E-state index is 13.2. The summed E-state index contributed by atoms with van der Waals surface area (Å²) in [6.07, 6.45) is 3.64. The van der Waals surface area contributed by atoms with E-state index in [-0.39, 0.29) is 41.6 Å². The summed E-state index contributed by atoms with van der Waals surface area (Å²) in [5, 5.41) is 5.49. The van der Waals surface area contributed by atoms with Gasteiger partial charge in [-0.2, -0.15) is 4.31 Å². The first-order valence-electron chi connectivity index (χ1n) is 12.3. The first kappa shape index (κ1) is 25.8. The second-order valence-electron chi connectivity index (χ2n) is 9.32. The summed E-state index contributed by atoms with van der Waals surface area (Å²) in [6, 6.07) is 13.1. The zero-order valence-electron chi connectivity index (χ0n) is 20.6. The summed E-state index contributed by atoms with van der Waals surface area (Å²) >= 11 is 0. The van der Waals surface area contributed by atoms with Crippen molar-refractivity contribution in [3.63, 3.8) is 0 Å². The van der Waals surface area contributed by atoms with Gasteiger partial charge in [0.05, 0.1) is 10.8 Å². The maximum Gasteiger partial charge on any atom is 0.243 e. The third-order valence-corrected chi connectivity index (χ3v) is 8.73. The molecule has 2 fully saturated rings. The van der Waals surface area contributed by atoms with E-state index in [1.54, 1.807) is 45.6 Å². The van der Waals surface area contributed by atoms with E-state index in [2.05, 4.69) is 10.6 Å². The van der Waals surface area contributed by atoms with Gasteiger partial charge >= 0.3 is 0 Å². The van der Waals surface area contributed by atoms with Crippen LogP contribution in [-0.2, 0) is 24.4 Å². The largest absolute Gasteiger partial charge is 0.326 e. The van der Waals surface area contributed by atoms with Gasteiger partial charge in [-0.3, -0.25) is 14.4 Å². The zero-order valence-corrected chi connectivity index (χ0v) is 21.4. The summed E-state index contributed by atoms with van der Waals surface area (Å²) in [7, 11) is -3.59. The lowest BCUT2D eigenvalue weighted by atomic mass is 10.0. The molecule has 0 radical (unpaired) electrons. The van der Waals surface area contributed by atoms with Gasteiger partial charge in [-0.25, -0.2) is 8.42 Å². The summed E-state index contributed by atoms with van der Waals surface area (Å²) in [5.74, 6) is -1.16. The van der Waals surface area contributed by atoms with Crippen molar-refractivity contribution in [2.45, 2.75) is 56.9 Å². The molecular formula is C26H32N4O5S. The molecule has 10 heteroatoms. The number of piperidine rings is 1. The lowest BCUT2D eigenvalue weighted by Gasteiger charge is -2.34. The van der Waals surface area contributed by atoms with Gasteiger partial charge in [-0.15, -0.1) is 0 Å². The van der Waals surface area contributed by atoms with E-state index < -0.39 is 15.9 Å². The van der Waals surface area contributed by atoms with Crippen molar-refractivity contribution in [2.24, 2.45) is 5.92 Å². The van der Waals surface area contributed by atoms with E-state index in [4.69, 9.17) is 0 Å². The van der Waals surface area contributed by atoms with Gasteiger partial charge in [0.15, 0.2) is 0 Å². The molecule has 2 aromatic rings. The van der Waals surface area contributed by atoms with E-state index in [1.807, 2.05) is 6.92 Å². The molecule has 0 aromatic heterocycles. The van der Waals surface area contributed by atoms with Crippen molar-refractivity contribution >= 4 is 44.8 Å². The minimum atomic E-state index is -3.59. The van der Waals surface area contributed by atoms with Crippen molar-refractivity contribution < 1.29 is 22.8 Å². The monoisotopic (exact) mass is 512 g/mol. The number of carbonyl (C=O) groups is 3. The second-order valence-corrected chi connectivity index (χ2v) is 11.2. The fourth-order valence-corrected chi connectivity index (χ4v) is 6.62. The highest BCUT2D eigenvalue weighted by Crippen LogP contribution is 2.29. The molecule has 2 N–H and O–H groups in total. The van der Waals surface area contributed by atoms with E-state index in [0.29, 0.717) is 23.6 Å². The third kappa shape index (κ3) is 5.60. The molecule has 2 heterocycles. The zero-order chi connectivity index (χ0) is 25.9. The lowest BCUT2D eigenvalue weighted by molar-refractivity contribution is -0.122. The molecule has 192 valence electrons. The lowest BCUT2D eigenvalue weighted by Crippen LogP contribution is -2.43. The van der Waals surface area contributed by atoms with Crippen molar-refractivity contribution in [1.82, 2.24) is 4.31 Å². The van der Waals surface area contributed by atoms with Gasteiger partial charge in [0, 0.05) is 49.5 Å². The van der Waals surface area contributed by atoms with E-state index in [1.165, 1.54) is 19.1 Å². The maximum absolute atomic E-state index is 13.2. The number of hydrogen-bond donors (Lipinski definition) is 2. The smallest absolute Gasteiger partial charge is 0.243 e. The van der Waals surface area contributed by atoms with Crippen LogP contribution in [0.1, 0.15) is 46.0 Å². The molecule has 3 amide bonds. The van der Waals surface area contributed by atoms with Crippen molar-refractivity contribution in [2.75, 3.05) is 28.6 Å². The van der Waals surface area contributed by atoms with Gasteiger partial charge in [-0.1, -0.05) is 13.3 Å². The summed E-state index contributed by atoms with van der Waals surface area (Å²) in [4.78, 5) is 38.4. The molecule has 2 unspecified atom stereocenters. The summed E-state index contributed by atoms with van der Waals surface area (Å²) in [6.45, 7) is 4.20. The first-order valence-corrected chi connectivity index (χ1v) is 13.7. The van der Waals surface area contributed by atoms with Crippen molar-refractivity contribution in [3.8, 4) is 0 Å². The Kier molecular flexibility index (Phi) is 7.75. The molecule has 2 atom stereocenters. The van der Waals surface area contributed by atoms with Crippen LogP contribution >= 0.6 is 0 Å². The van der Waals surface area contributed by atoms with E-state index >= 15 is 0 Å². The Balaban J connectivity index is 1.39. The average Bonchev–Trinajstić information content (AvgIpc) is 3.26. The average molecular weight is 513 g/mol. The van der Waals surface area contributed by atoms with Crippen LogP contribution in [0.4, 0.5) is 17.1 Å². The minimum Gasteiger partial charge on any atom is -0.326 e. The Labute approximate surface area is 211 Å². The Hall–Kier alpha value is -3.24. The normalized spacial score (nSPS) is 20.8. The molecule has 0 spiro atoms. The number of benzene rings is 2. The molecule has 36 heavy (non-hydrogen) atoms. The number of sulfonamides is 1. The second kappa shape index (κ2) is 10.8. The van der Waals surface area contributed by atoms with Crippen molar-refractivity contribution in [1.29, 1.82) is 0 Å². The molecule has 2 aliphatic heterocycles.